The van der Waals surface area contributed by atoms with Gasteiger partial charge in [0.25, 0.3) is 0 Å². The van der Waals surface area contributed by atoms with Crippen molar-refractivity contribution < 1.29 is 0 Å². The number of hydrogen-bond acceptors (Lipinski definition) is 0. The van der Waals surface area contributed by atoms with Crippen LogP contribution in [0.2, 0.25) is 0 Å². The molecular weight excluding hydrogens is 480 g/mol. The third-order valence-electron chi connectivity index (χ3n) is 7.75. The Balaban J connectivity index is 2.69. The number of rotatable bonds is 11. The molecule has 0 unspecified atom stereocenters. The first kappa shape index (κ1) is 35.2. The predicted octanol–water partition coefficient (Wildman–Crippen LogP) is 12.7. The fourth-order valence-corrected chi connectivity index (χ4v) is 5.12. The van der Waals surface area contributed by atoms with Crippen LogP contribution in [-0.2, 0) is 0 Å². The van der Waals surface area contributed by atoms with E-state index in [2.05, 4.69) is 174 Å². The second-order valence-electron chi connectivity index (χ2n) is 13.2. The van der Waals surface area contributed by atoms with E-state index < -0.39 is 0 Å². The quantitative estimate of drug-likeness (QED) is 0.181. The predicted molar refractivity (Wildman–Crippen MR) is 183 cm³/mol. The first-order valence-electron chi connectivity index (χ1n) is 15.1. The minimum Gasteiger partial charge on any atom is -0.0881 e. The minimum atomic E-state index is 0.216. The third-order valence-corrected chi connectivity index (χ3v) is 7.75. The summed E-state index contributed by atoms with van der Waals surface area (Å²) >= 11 is 0. The summed E-state index contributed by atoms with van der Waals surface area (Å²) in [5.41, 5.74) is 9.97. The Morgan fingerprint density at radius 1 is 0.725 bits per heavy atom. The molecule has 0 aromatic carbocycles. The van der Waals surface area contributed by atoms with Gasteiger partial charge in [-0.3, -0.25) is 0 Å². The molecule has 0 saturated heterocycles. The highest BCUT2D eigenvalue weighted by Crippen LogP contribution is 2.40. The lowest BCUT2D eigenvalue weighted by Crippen LogP contribution is -2.19. The van der Waals surface area contributed by atoms with Crippen molar-refractivity contribution in [3.63, 3.8) is 0 Å². The molecule has 0 radical (unpaired) electrons. The van der Waals surface area contributed by atoms with E-state index in [0.29, 0.717) is 5.92 Å². The van der Waals surface area contributed by atoms with Crippen LogP contribution in [0, 0.1) is 16.7 Å². The molecule has 0 bridgehead atoms. The van der Waals surface area contributed by atoms with Gasteiger partial charge in [0.1, 0.15) is 0 Å². The van der Waals surface area contributed by atoms with Gasteiger partial charge in [-0.2, -0.15) is 0 Å². The molecule has 0 spiro atoms. The van der Waals surface area contributed by atoms with Crippen molar-refractivity contribution >= 4 is 0 Å². The molecule has 0 aromatic heterocycles. The van der Waals surface area contributed by atoms with E-state index >= 15 is 0 Å². The van der Waals surface area contributed by atoms with Gasteiger partial charge in [-0.05, 0) is 84.1 Å². The summed E-state index contributed by atoms with van der Waals surface area (Å²) in [5.74, 6) is 0.445. The van der Waals surface area contributed by atoms with Crippen LogP contribution < -0.4 is 0 Å². The normalized spacial score (nSPS) is 19.9. The van der Waals surface area contributed by atoms with Crippen LogP contribution in [0.1, 0.15) is 102 Å². The molecule has 0 heteroatoms. The third kappa shape index (κ3) is 13.5. The zero-order valence-corrected chi connectivity index (χ0v) is 27.9. The Labute approximate surface area is 248 Å². The van der Waals surface area contributed by atoms with Crippen molar-refractivity contribution in [2.75, 3.05) is 0 Å². The molecule has 1 aliphatic carbocycles. The van der Waals surface area contributed by atoms with Crippen LogP contribution >= 0.6 is 0 Å². The van der Waals surface area contributed by atoms with Gasteiger partial charge in [0.15, 0.2) is 0 Å². The highest BCUT2D eigenvalue weighted by molar-refractivity contribution is 5.37. The Hall–Kier alpha value is -2.86. The fourth-order valence-electron chi connectivity index (χ4n) is 5.12. The van der Waals surface area contributed by atoms with E-state index in [4.69, 9.17) is 0 Å². The first-order chi connectivity index (χ1) is 18.7. The van der Waals surface area contributed by atoms with Gasteiger partial charge < -0.3 is 0 Å². The largest absolute Gasteiger partial charge is 0.0881 e. The molecule has 1 aliphatic rings. The van der Waals surface area contributed by atoms with Gasteiger partial charge in [-0.15, -0.1) is 0 Å². The molecule has 40 heavy (non-hydrogen) atoms. The van der Waals surface area contributed by atoms with Gasteiger partial charge >= 0.3 is 0 Å². The summed E-state index contributed by atoms with van der Waals surface area (Å²) in [6.07, 6.45) is 36.7. The molecule has 0 amide bonds. The number of allylic oxidation sites excluding steroid dienone is 22. The Morgan fingerprint density at radius 3 is 1.68 bits per heavy atom. The molecule has 218 valence electrons. The van der Waals surface area contributed by atoms with Crippen LogP contribution in [0.15, 0.2) is 130 Å². The van der Waals surface area contributed by atoms with E-state index in [1.54, 1.807) is 5.57 Å². The maximum absolute atomic E-state index is 2.37. The standard InChI is InChI=1S/C40H58/c1-13-35(6)37(39(8,9)10)28-26-33(4)23-16-21-31(2)19-14-15-20-32(3)22-17-24-34(5)27-29-38-36(7)25-18-30-40(38,11)12/h13-17,19-24,26-29,37H,18,25,30H2,1-12H3/b15-14+,21-16+,22-17+,28-26+,29-27+,31-19+,32-20+,33-23+,34-24+,35-13-/t37-/m0/s1. The monoisotopic (exact) mass is 538 g/mol. The molecule has 0 N–H and O–H groups in total. The lowest BCUT2D eigenvalue weighted by atomic mass is 9.72. The van der Waals surface area contributed by atoms with Crippen molar-refractivity contribution in [3.8, 4) is 0 Å². The zero-order valence-electron chi connectivity index (χ0n) is 27.9. The Morgan fingerprint density at radius 2 is 1.20 bits per heavy atom. The van der Waals surface area contributed by atoms with Crippen molar-refractivity contribution in [1.82, 2.24) is 0 Å². The van der Waals surface area contributed by atoms with Crippen LogP contribution in [0.5, 0.6) is 0 Å². The Bertz CT molecular complexity index is 1160. The average Bonchev–Trinajstić information content (AvgIpc) is 2.85. The van der Waals surface area contributed by atoms with Gasteiger partial charge in [0.2, 0.25) is 0 Å². The molecule has 0 saturated carbocycles. The molecule has 0 heterocycles. The molecular formula is C40H58. The van der Waals surface area contributed by atoms with Crippen LogP contribution in [0.4, 0.5) is 0 Å². The molecule has 1 rings (SSSR count). The zero-order chi connectivity index (χ0) is 30.3. The van der Waals surface area contributed by atoms with E-state index in [0.717, 1.165) is 0 Å². The molecule has 0 aromatic rings. The highest BCUT2D eigenvalue weighted by Gasteiger charge is 2.26. The fraction of sp³-hybridized carbons (Fsp3) is 0.450. The van der Waals surface area contributed by atoms with E-state index in [1.807, 2.05) is 0 Å². The van der Waals surface area contributed by atoms with E-state index in [1.165, 1.54) is 52.7 Å². The van der Waals surface area contributed by atoms with E-state index in [-0.39, 0.29) is 10.8 Å². The maximum atomic E-state index is 2.37. The van der Waals surface area contributed by atoms with Crippen LogP contribution in [0.3, 0.4) is 0 Å². The van der Waals surface area contributed by atoms with Gasteiger partial charge in [0.05, 0.1) is 0 Å². The smallest absolute Gasteiger partial charge is 0.00257 e. The first-order valence-corrected chi connectivity index (χ1v) is 15.1. The van der Waals surface area contributed by atoms with Gasteiger partial charge in [0, 0.05) is 5.92 Å². The SMILES string of the molecule is C/C=C(/C)[C@H](/C=C/C(C)=C/C=C/C(C)=C/C=C/C=C(C)/C=C/C=C(C)/C=C/C1=C(C)CCCC1(C)C)C(C)(C)C. The average molecular weight is 539 g/mol. The summed E-state index contributed by atoms with van der Waals surface area (Å²) in [6.45, 7) is 26.9. The minimum absolute atomic E-state index is 0.216. The maximum Gasteiger partial charge on any atom is 0.00257 e. The van der Waals surface area contributed by atoms with Crippen LogP contribution in [-0.4, -0.2) is 0 Å². The summed E-state index contributed by atoms with van der Waals surface area (Å²) in [7, 11) is 0. The lowest BCUT2D eigenvalue weighted by Gasteiger charge is -2.32. The molecule has 0 nitrogen and oxygen atoms in total. The summed E-state index contributed by atoms with van der Waals surface area (Å²) in [5, 5.41) is 0. The summed E-state index contributed by atoms with van der Waals surface area (Å²) in [6, 6.07) is 0. The van der Waals surface area contributed by atoms with Crippen molar-refractivity contribution in [2.45, 2.75) is 102 Å². The van der Waals surface area contributed by atoms with Crippen molar-refractivity contribution in [1.29, 1.82) is 0 Å². The molecule has 1 atom stereocenters. The van der Waals surface area contributed by atoms with Crippen LogP contribution in [0.25, 0.3) is 0 Å². The topological polar surface area (TPSA) is 0 Å². The van der Waals surface area contributed by atoms with Gasteiger partial charge in [-0.25, -0.2) is 0 Å². The summed E-state index contributed by atoms with van der Waals surface area (Å²) in [4.78, 5) is 0. The summed E-state index contributed by atoms with van der Waals surface area (Å²) < 4.78 is 0. The highest BCUT2D eigenvalue weighted by atomic mass is 14.3. The van der Waals surface area contributed by atoms with Gasteiger partial charge in [-0.1, -0.05) is 159 Å². The Kier molecular flexibility index (Phi) is 15.0. The second kappa shape index (κ2) is 17.1. The second-order valence-corrected chi connectivity index (χ2v) is 13.2. The lowest BCUT2D eigenvalue weighted by molar-refractivity contribution is 0.330. The molecule has 0 aliphatic heterocycles. The van der Waals surface area contributed by atoms with Crippen molar-refractivity contribution in [3.05, 3.63) is 130 Å². The van der Waals surface area contributed by atoms with E-state index in [9.17, 15) is 0 Å². The molecule has 0 fully saturated rings. The van der Waals surface area contributed by atoms with Crippen molar-refractivity contribution in [2.24, 2.45) is 16.7 Å². The number of hydrogen-bond donors (Lipinski definition) is 0.